The molecule has 0 saturated carbocycles. The van der Waals surface area contributed by atoms with E-state index < -0.39 is 50.6 Å². The zero-order valence-corrected chi connectivity index (χ0v) is 20.8. The number of primary sulfonamides is 1. The van der Waals surface area contributed by atoms with Crippen LogP contribution in [0.15, 0.2) is 58.3 Å². The average Bonchev–Trinajstić information content (AvgIpc) is 3.12. The maximum absolute atomic E-state index is 13.5. The molecule has 0 radical (unpaired) electrons. The first-order chi connectivity index (χ1) is 16.4. The Balaban J connectivity index is 2.00. The van der Waals surface area contributed by atoms with Gasteiger partial charge in [-0.05, 0) is 48.5 Å². The summed E-state index contributed by atoms with van der Waals surface area (Å²) in [6.07, 6.45) is -1.46. The van der Waals surface area contributed by atoms with Crippen LogP contribution >= 0.6 is 0 Å². The molecule has 1 unspecified atom stereocenters. The molecule has 1 aliphatic heterocycles. The van der Waals surface area contributed by atoms with E-state index in [2.05, 4.69) is 0 Å². The second-order valence-electron chi connectivity index (χ2n) is 7.48. The van der Waals surface area contributed by atoms with E-state index in [1.165, 1.54) is 57.7 Å². The topological polar surface area (TPSA) is 163 Å². The molecule has 35 heavy (non-hydrogen) atoms. The number of hydrogen-bond donors (Lipinski definition) is 1. The summed E-state index contributed by atoms with van der Waals surface area (Å²) in [6, 6.07) is 8.95. The van der Waals surface area contributed by atoms with Crippen molar-refractivity contribution in [1.82, 2.24) is 4.31 Å². The Morgan fingerprint density at radius 2 is 1.49 bits per heavy atom. The molecule has 1 fully saturated rings. The zero-order valence-electron chi connectivity index (χ0n) is 19.2. The molecule has 12 nitrogen and oxygen atoms in total. The maximum atomic E-state index is 13.5. The first-order valence-electron chi connectivity index (χ1n) is 10.1. The van der Waals surface area contributed by atoms with Crippen molar-refractivity contribution in [1.29, 1.82) is 0 Å². The van der Waals surface area contributed by atoms with Crippen LogP contribution in [0.1, 0.15) is 6.42 Å². The standard InChI is InChI=1S/C21H25N3O9S2/c1-31-15-6-10-17(11-7-15)35(29,30)23(13-20(32-2)33-3)18-12-19(25)24(21(18)26)14-4-8-16(9-5-14)34(22,27)28/h4-11,18,20H,12-13H2,1-3H3,(H2,22,27,28). The third-order valence-electron chi connectivity index (χ3n) is 5.41. The molecule has 2 aromatic rings. The number of carbonyl (C=O) groups excluding carboxylic acids is 2. The highest BCUT2D eigenvalue weighted by Crippen LogP contribution is 2.30. The second-order valence-corrected chi connectivity index (χ2v) is 10.9. The first-order valence-corrected chi connectivity index (χ1v) is 13.1. The van der Waals surface area contributed by atoms with Crippen LogP contribution in [0.25, 0.3) is 0 Å². The zero-order chi connectivity index (χ0) is 26.0. The number of sulfonamides is 2. The van der Waals surface area contributed by atoms with Crippen molar-refractivity contribution in [2.45, 2.75) is 28.5 Å². The second kappa shape index (κ2) is 10.4. The molecule has 2 aromatic carbocycles. The highest BCUT2D eigenvalue weighted by Gasteiger charge is 2.47. The molecule has 190 valence electrons. The molecule has 1 aliphatic rings. The van der Waals surface area contributed by atoms with E-state index in [1.54, 1.807) is 0 Å². The van der Waals surface area contributed by atoms with Gasteiger partial charge in [0.05, 0.1) is 35.6 Å². The van der Waals surface area contributed by atoms with Crippen molar-refractivity contribution >= 4 is 37.5 Å². The Kier molecular flexibility index (Phi) is 7.93. The fourth-order valence-corrected chi connectivity index (χ4v) is 5.65. The summed E-state index contributed by atoms with van der Waals surface area (Å²) in [5, 5.41) is 5.09. The van der Waals surface area contributed by atoms with Gasteiger partial charge in [-0.1, -0.05) is 0 Å². The van der Waals surface area contributed by atoms with Gasteiger partial charge >= 0.3 is 0 Å². The predicted octanol–water partition coefficient (Wildman–Crippen LogP) is 0.284. The van der Waals surface area contributed by atoms with E-state index in [4.69, 9.17) is 19.3 Å². The summed E-state index contributed by atoms with van der Waals surface area (Å²) < 4.78 is 66.3. The molecule has 14 heteroatoms. The smallest absolute Gasteiger partial charge is 0.252 e. The SMILES string of the molecule is COc1ccc(S(=O)(=O)N(CC(OC)OC)C2CC(=O)N(c3ccc(S(N)(=O)=O)cc3)C2=O)cc1. The van der Waals surface area contributed by atoms with E-state index in [9.17, 15) is 26.4 Å². The van der Waals surface area contributed by atoms with Crippen molar-refractivity contribution in [3.63, 3.8) is 0 Å². The van der Waals surface area contributed by atoms with Crippen LogP contribution in [-0.2, 0) is 39.1 Å². The van der Waals surface area contributed by atoms with E-state index in [1.807, 2.05) is 0 Å². The van der Waals surface area contributed by atoms with Gasteiger partial charge in [-0.15, -0.1) is 0 Å². The summed E-state index contributed by atoms with van der Waals surface area (Å²) in [5.41, 5.74) is 0.0757. The third-order valence-corrected chi connectivity index (χ3v) is 8.23. The quantitative estimate of drug-likeness (QED) is 0.338. The van der Waals surface area contributed by atoms with Crippen LogP contribution in [0.3, 0.4) is 0 Å². The van der Waals surface area contributed by atoms with Gasteiger partial charge in [0.25, 0.3) is 5.91 Å². The van der Waals surface area contributed by atoms with Gasteiger partial charge in [0.2, 0.25) is 26.0 Å². The van der Waals surface area contributed by atoms with Gasteiger partial charge in [0, 0.05) is 14.2 Å². The number of benzene rings is 2. The van der Waals surface area contributed by atoms with Crippen molar-refractivity contribution in [3.8, 4) is 5.75 Å². The molecular formula is C21H25N3O9S2. The largest absolute Gasteiger partial charge is 0.497 e. The number of carbonyl (C=O) groups is 2. The van der Waals surface area contributed by atoms with Crippen LogP contribution in [0.5, 0.6) is 5.75 Å². The fraction of sp³-hybridized carbons (Fsp3) is 0.333. The van der Waals surface area contributed by atoms with Crippen LogP contribution in [0.2, 0.25) is 0 Å². The number of imide groups is 1. The average molecular weight is 528 g/mol. The molecule has 1 saturated heterocycles. The van der Waals surface area contributed by atoms with E-state index >= 15 is 0 Å². The normalized spacial score (nSPS) is 17.0. The number of rotatable bonds is 10. The lowest BCUT2D eigenvalue weighted by molar-refractivity contribution is -0.125. The van der Waals surface area contributed by atoms with Crippen LogP contribution in [-0.4, -0.2) is 73.2 Å². The molecule has 0 bridgehead atoms. The number of ether oxygens (including phenoxy) is 3. The summed E-state index contributed by atoms with van der Waals surface area (Å²) in [4.78, 5) is 26.6. The van der Waals surface area contributed by atoms with Crippen molar-refractivity contribution in [2.75, 3.05) is 32.8 Å². The number of nitrogens with zero attached hydrogens (tertiary/aromatic N) is 2. The van der Waals surface area contributed by atoms with Gasteiger partial charge in [0.1, 0.15) is 11.8 Å². The van der Waals surface area contributed by atoms with E-state index in [0.29, 0.717) is 5.75 Å². The summed E-state index contributed by atoms with van der Waals surface area (Å²) in [5.74, 6) is -1.03. The summed E-state index contributed by atoms with van der Waals surface area (Å²) in [6.45, 7) is -0.372. The molecule has 0 aromatic heterocycles. The maximum Gasteiger partial charge on any atom is 0.252 e. The molecular weight excluding hydrogens is 502 g/mol. The van der Waals surface area contributed by atoms with E-state index in [0.717, 1.165) is 21.3 Å². The lowest BCUT2D eigenvalue weighted by Crippen LogP contribution is -2.49. The number of hydrogen-bond acceptors (Lipinski definition) is 9. The highest BCUT2D eigenvalue weighted by molar-refractivity contribution is 7.89. The fourth-order valence-electron chi connectivity index (χ4n) is 3.57. The molecule has 2 amide bonds. The van der Waals surface area contributed by atoms with Crippen molar-refractivity contribution in [2.24, 2.45) is 5.14 Å². The molecule has 0 spiro atoms. The minimum absolute atomic E-state index is 0.0757. The monoisotopic (exact) mass is 527 g/mol. The first kappa shape index (κ1) is 26.7. The molecule has 2 N–H and O–H groups in total. The third kappa shape index (κ3) is 5.52. The minimum atomic E-state index is -4.29. The predicted molar refractivity (Wildman–Crippen MR) is 123 cm³/mol. The Bertz CT molecular complexity index is 1290. The van der Waals surface area contributed by atoms with Gasteiger partial charge < -0.3 is 14.2 Å². The number of anilines is 1. The molecule has 1 heterocycles. The Morgan fingerprint density at radius 1 is 0.943 bits per heavy atom. The summed E-state index contributed by atoms with van der Waals surface area (Å²) >= 11 is 0. The van der Waals surface area contributed by atoms with Gasteiger partial charge in [0.15, 0.2) is 6.29 Å². The lowest BCUT2D eigenvalue weighted by Gasteiger charge is -2.29. The Labute approximate surface area is 203 Å². The van der Waals surface area contributed by atoms with Crippen LogP contribution in [0, 0.1) is 0 Å². The van der Waals surface area contributed by atoms with Crippen LogP contribution < -0.4 is 14.8 Å². The molecule has 3 rings (SSSR count). The van der Waals surface area contributed by atoms with Gasteiger partial charge in [-0.2, -0.15) is 4.31 Å². The Hall–Kier alpha value is -2.88. The number of amides is 2. The Morgan fingerprint density at radius 3 is 1.97 bits per heavy atom. The van der Waals surface area contributed by atoms with Crippen LogP contribution in [0.4, 0.5) is 5.69 Å². The minimum Gasteiger partial charge on any atom is -0.497 e. The van der Waals surface area contributed by atoms with Gasteiger partial charge in [-0.25, -0.2) is 26.9 Å². The van der Waals surface area contributed by atoms with E-state index in [-0.39, 0.29) is 22.0 Å². The summed E-state index contributed by atoms with van der Waals surface area (Å²) in [7, 11) is -4.21. The van der Waals surface area contributed by atoms with Crippen molar-refractivity contribution < 1.29 is 40.6 Å². The molecule has 1 atom stereocenters. The van der Waals surface area contributed by atoms with Crippen molar-refractivity contribution in [3.05, 3.63) is 48.5 Å². The highest BCUT2D eigenvalue weighted by atomic mass is 32.2. The number of nitrogens with two attached hydrogens (primary N) is 1. The lowest BCUT2D eigenvalue weighted by atomic mass is 10.2. The van der Waals surface area contributed by atoms with Gasteiger partial charge in [-0.3, -0.25) is 9.59 Å². The molecule has 0 aliphatic carbocycles. The number of methoxy groups -OCH3 is 3.